The minimum atomic E-state index is -4.84. The molecular weight excluding hydrogens is 521 g/mol. The van der Waals surface area contributed by atoms with Crippen LogP contribution < -0.4 is 10.2 Å². The summed E-state index contributed by atoms with van der Waals surface area (Å²) in [4.78, 5) is 38.9. The number of aromatic nitrogens is 1. The van der Waals surface area contributed by atoms with Gasteiger partial charge in [-0.3, -0.25) is 14.4 Å². The molecule has 0 saturated carbocycles. The van der Waals surface area contributed by atoms with Crippen LogP contribution >= 0.6 is 0 Å². The molecule has 0 aliphatic heterocycles. The van der Waals surface area contributed by atoms with Gasteiger partial charge in [0, 0.05) is 20.9 Å². The first-order chi connectivity index (χ1) is 17.7. The zero-order chi connectivity index (χ0) is 28.5. The van der Waals surface area contributed by atoms with Crippen LogP contribution in [0, 0.1) is 0 Å². The largest absolute Gasteiger partial charge is 0.483 e. The summed E-state index contributed by atoms with van der Waals surface area (Å²) in [6, 6.07) is 7.46. The second-order valence-corrected chi connectivity index (χ2v) is 15.6. The average Bonchev–Trinajstić information content (AvgIpc) is 2.84. The lowest BCUT2D eigenvalue weighted by Crippen LogP contribution is -2.50. The van der Waals surface area contributed by atoms with Gasteiger partial charge in [0.25, 0.3) is 5.91 Å². The first-order valence-electron chi connectivity index (χ1n) is 12.2. The second-order valence-electron chi connectivity index (χ2n) is 9.96. The molecule has 0 fully saturated rings. The van der Waals surface area contributed by atoms with E-state index in [4.69, 9.17) is 14.2 Å². The molecule has 0 spiro atoms. The standard InChI is InChI=1S/C26H35F3N2O6Si/c1-6-36-23(32)16-31(19(2)26(27,28)29)25(34)21-14-30(18-35-12-13-38(3,4)5)15-22(24(21)33)37-17-20-10-8-7-9-11-20/h7-11,14-15,19H,6,12-13,16-18H2,1-5H3/t19-/m1/s1. The summed E-state index contributed by atoms with van der Waals surface area (Å²) in [5.74, 6) is -2.53. The number of hydrogen-bond acceptors (Lipinski definition) is 6. The van der Waals surface area contributed by atoms with Crippen molar-refractivity contribution in [3.63, 3.8) is 0 Å². The Bertz CT molecular complexity index is 1130. The lowest BCUT2D eigenvalue weighted by molar-refractivity contribution is -0.175. The molecule has 8 nitrogen and oxygen atoms in total. The number of esters is 1. The van der Waals surface area contributed by atoms with Gasteiger partial charge in [-0.05, 0) is 25.5 Å². The van der Waals surface area contributed by atoms with Gasteiger partial charge in [-0.1, -0.05) is 50.0 Å². The van der Waals surface area contributed by atoms with Crippen molar-refractivity contribution in [1.29, 1.82) is 0 Å². The van der Waals surface area contributed by atoms with Gasteiger partial charge in [-0.25, -0.2) is 0 Å². The summed E-state index contributed by atoms with van der Waals surface area (Å²) < 4.78 is 58.3. The van der Waals surface area contributed by atoms with Gasteiger partial charge in [0.2, 0.25) is 5.43 Å². The van der Waals surface area contributed by atoms with E-state index >= 15 is 0 Å². The van der Waals surface area contributed by atoms with Gasteiger partial charge >= 0.3 is 12.1 Å². The minimum Gasteiger partial charge on any atom is -0.483 e. The van der Waals surface area contributed by atoms with Crippen LogP contribution in [0.25, 0.3) is 0 Å². The molecule has 1 aromatic heterocycles. The molecule has 2 rings (SSSR count). The molecule has 0 saturated heterocycles. The van der Waals surface area contributed by atoms with E-state index in [0.29, 0.717) is 6.61 Å². The van der Waals surface area contributed by atoms with Crippen molar-refractivity contribution in [3.8, 4) is 5.75 Å². The van der Waals surface area contributed by atoms with E-state index in [2.05, 4.69) is 19.6 Å². The van der Waals surface area contributed by atoms with Gasteiger partial charge in [0.1, 0.15) is 31.5 Å². The van der Waals surface area contributed by atoms with Crippen molar-refractivity contribution >= 4 is 20.0 Å². The predicted octanol–water partition coefficient (Wildman–Crippen LogP) is 4.70. The third kappa shape index (κ3) is 9.64. The Morgan fingerprint density at radius 2 is 1.76 bits per heavy atom. The summed E-state index contributed by atoms with van der Waals surface area (Å²) in [6.45, 7) is 8.10. The average molecular weight is 557 g/mol. The Morgan fingerprint density at radius 1 is 1.11 bits per heavy atom. The number of rotatable bonds is 13. The minimum absolute atomic E-state index is 0.00427. The molecule has 12 heteroatoms. The van der Waals surface area contributed by atoms with E-state index in [1.807, 2.05) is 6.07 Å². The Morgan fingerprint density at radius 3 is 2.34 bits per heavy atom. The highest BCUT2D eigenvalue weighted by Crippen LogP contribution is 2.26. The first-order valence-corrected chi connectivity index (χ1v) is 16.0. The molecule has 1 atom stereocenters. The van der Waals surface area contributed by atoms with Crippen molar-refractivity contribution in [1.82, 2.24) is 9.47 Å². The zero-order valence-electron chi connectivity index (χ0n) is 22.3. The third-order valence-electron chi connectivity index (χ3n) is 5.56. The molecule has 38 heavy (non-hydrogen) atoms. The number of ether oxygens (including phenoxy) is 3. The Balaban J connectivity index is 2.44. The van der Waals surface area contributed by atoms with Gasteiger partial charge < -0.3 is 23.7 Å². The van der Waals surface area contributed by atoms with Crippen molar-refractivity contribution in [3.05, 3.63) is 64.1 Å². The van der Waals surface area contributed by atoms with E-state index in [-0.39, 0.29) is 30.6 Å². The van der Waals surface area contributed by atoms with E-state index in [1.165, 1.54) is 17.7 Å². The van der Waals surface area contributed by atoms with Gasteiger partial charge in [-0.15, -0.1) is 0 Å². The lowest BCUT2D eigenvalue weighted by atomic mass is 10.1. The van der Waals surface area contributed by atoms with Crippen LogP contribution in [0.3, 0.4) is 0 Å². The number of benzene rings is 1. The Labute approximate surface area is 221 Å². The quantitative estimate of drug-likeness (QED) is 0.202. The second kappa shape index (κ2) is 13.6. The third-order valence-corrected chi connectivity index (χ3v) is 7.26. The lowest BCUT2D eigenvalue weighted by Gasteiger charge is -2.30. The van der Waals surface area contributed by atoms with E-state index in [9.17, 15) is 27.6 Å². The number of alkyl halides is 3. The summed E-state index contributed by atoms with van der Waals surface area (Å²) in [7, 11) is -1.38. The molecule has 0 aliphatic rings. The van der Waals surface area contributed by atoms with Crippen LogP contribution in [-0.2, 0) is 27.6 Å². The normalized spacial score (nSPS) is 12.6. The predicted molar refractivity (Wildman–Crippen MR) is 139 cm³/mol. The van der Waals surface area contributed by atoms with Crippen molar-refractivity contribution < 1.29 is 37.0 Å². The van der Waals surface area contributed by atoms with Crippen LogP contribution in [0.1, 0.15) is 29.8 Å². The van der Waals surface area contributed by atoms with Gasteiger partial charge in [-0.2, -0.15) is 13.2 Å². The maximum Gasteiger partial charge on any atom is 0.408 e. The molecule has 2 aromatic rings. The summed E-state index contributed by atoms with van der Waals surface area (Å²) in [6.07, 6.45) is -2.38. The first kappa shape index (κ1) is 31.1. The molecule has 210 valence electrons. The number of pyridine rings is 1. The zero-order valence-corrected chi connectivity index (χ0v) is 23.3. The monoisotopic (exact) mass is 556 g/mol. The van der Waals surface area contributed by atoms with Crippen LogP contribution in [0.4, 0.5) is 13.2 Å². The topological polar surface area (TPSA) is 87.1 Å². The smallest absolute Gasteiger partial charge is 0.408 e. The van der Waals surface area contributed by atoms with Crippen molar-refractivity contribution in [2.24, 2.45) is 0 Å². The molecular formula is C26H35F3N2O6Si. The van der Waals surface area contributed by atoms with Crippen LogP contribution in [-0.4, -0.2) is 61.4 Å². The number of amides is 1. The Kier molecular flexibility index (Phi) is 11.1. The summed E-state index contributed by atoms with van der Waals surface area (Å²) >= 11 is 0. The number of halogens is 3. The number of hydrogen-bond donors (Lipinski definition) is 0. The molecule has 1 amide bonds. The molecule has 0 unspecified atom stereocenters. The van der Waals surface area contributed by atoms with Crippen molar-refractivity contribution in [2.75, 3.05) is 19.8 Å². The van der Waals surface area contributed by atoms with Crippen LogP contribution in [0.15, 0.2) is 47.5 Å². The molecule has 0 bridgehead atoms. The fraction of sp³-hybridized carbons (Fsp3) is 0.500. The summed E-state index contributed by atoms with van der Waals surface area (Å²) in [5.41, 5.74) is -0.728. The SMILES string of the molecule is CCOC(=O)CN(C(=O)c1cn(COCC[Si](C)(C)C)cc(OCc2ccccc2)c1=O)[C@H](C)C(F)(F)F. The Hall–Kier alpha value is -3.12. The fourth-order valence-corrected chi connectivity index (χ4v) is 4.04. The van der Waals surface area contributed by atoms with Gasteiger partial charge in [0.05, 0.1) is 12.8 Å². The number of nitrogens with zero attached hydrogens (tertiary/aromatic N) is 2. The van der Waals surface area contributed by atoms with E-state index in [1.54, 1.807) is 24.3 Å². The van der Waals surface area contributed by atoms with Crippen LogP contribution in [0.2, 0.25) is 25.7 Å². The number of carbonyl (C=O) groups excluding carboxylic acids is 2. The van der Waals surface area contributed by atoms with E-state index in [0.717, 1.165) is 24.7 Å². The molecule has 0 N–H and O–H groups in total. The number of carbonyl (C=O) groups is 2. The molecule has 0 radical (unpaired) electrons. The fourth-order valence-electron chi connectivity index (χ4n) is 3.28. The summed E-state index contributed by atoms with van der Waals surface area (Å²) in [5, 5.41) is 0. The maximum atomic E-state index is 13.6. The maximum absolute atomic E-state index is 13.6. The van der Waals surface area contributed by atoms with Gasteiger partial charge in [0.15, 0.2) is 5.75 Å². The highest BCUT2D eigenvalue weighted by atomic mass is 28.3. The van der Waals surface area contributed by atoms with E-state index < -0.39 is 49.7 Å². The highest BCUT2D eigenvalue weighted by Gasteiger charge is 2.43. The van der Waals surface area contributed by atoms with Crippen LogP contribution in [0.5, 0.6) is 5.75 Å². The molecule has 1 aromatic carbocycles. The highest BCUT2D eigenvalue weighted by molar-refractivity contribution is 6.76. The molecule has 0 aliphatic carbocycles. The van der Waals surface area contributed by atoms with Crippen molar-refractivity contribution in [2.45, 2.75) is 65.1 Å². The molecule has 1 heterocycles.